The Bertz CT molecular complexity index is 1100. The molecular weight excluding hydrogens is 408 g/mol. The molecule has 32 heavy (non-hydrogen) atoms. The van der Waals surface area contributed by atoms with Crippen LogP contribution in [0.4, 0.5) is 16.3 Å². The third-order valence-electron chi connectivity index (χ3n) is 5.07. The number of carbonyl (C=O) groups excluding carboxylic acids is 1. The zero-order valence-electron chi connectivity index (χ0n) is 18.6. The van der Waals surface area contributed by atoms with Crippen LogP contribution in [0, 0.1) is 0 Å². The number of hydrogen-bond acceptors (Lipinski definition) is 7. The average molecular weight is 437 g/mol. The summed E-state index contributed by atoms with van der Waals surface area (Å²) in [4.78, 5) is 25.8. The fourth-order valence-corrected chi connectivity index (χ4v) is 3.41. The Morgan fingerprint density at radius 2 is 1.88 bits per heavy atom. The van der Waals surface area contributed by atoms with Gasteiger partial charge in [0, 0.05) is 30.7 Å². The van der Waals surface area contributed by atoms with Crippen LogP contribution in [0.3, 0.4) is 0 Å². The monoisotopic (exact) mass is 436 g/mol. The third kappa shape index (κ3) is 5.17. The molecule has 0 saturated heterocycles. The molecule has 3 aromatic rings. The van der Waals surface area contributed by atoms with Crippen LogP contribution in [0.1, 0.15) is 12.2 Å². The Morgan fingerprint density at radius 3 is 2.72 bits per heavy atom. The molecule has 0 saturated carbocycles. The zero-order valence-corrected chi connectivity index (χ0v) is 18.6. The van der Waals surface area contributed by atoms with E-state index >= 15 is 0 Å². The van der Waals surface area contributed by atoms with Crippen molar-refractivity contribution in [2.24, 2.45) is 0 Å². The van der Waals surface area contributed by atoms with Crippen LogP contribution in [0.15, 0.2) is 42.5 Å². The number of para-hydroxylation sites is 1. The number of benzene rings is 2. The summed E-state index contributed by atoms with van der Waals surface area (Å²) in [6, 6.07) is 12.9. The van der Waals surface area contributed by atoms with E-state index in [2.05, 4.69) is 34.6 Å². The van der Waals surface area contributed by atoms with Gasteiger partial charge >= 0.3 is 6.03 Å². The predicted molar refractivity (Wildman–Crippen MR) is 124 cm³/mol. The molecule has 9 nitrogen and oxygen atoms in total. The molecule has 9 heteroatoms. The summed E-state index contributed by atoms with van der Waals surface area (Å²) in [5.74, 6) is 2.65. The number of carbonyl (C=O) groups is 1. The smallest absolute Gasteiger partial charge is 0.321 e. The van der Waals surface area contributed by atoms with Crippen molar-refractivity contribution in [1.82, 2.24) is 19.8 Å². The normalized spacial score (nSPS) is 12.2. The largest absolute Gasteiger partial charge is 0.454 e. The van der Waals surface area contributed by atoms with E-state index in [0.717, 1.165) is 36.2 Å². The first-order valence-corrected chi connectivity index (χ1v) is 10.6. The molecule has 0 spiro atoms. The first kappa shape index (κ1) is 21.6. The van der Waals surface area contributed by atoms with Crippen molar-refractivity contribution >= 4 is 28.4 Å². The number of nitrogens with zero attached hydrogens (tertiary/aromatic N) is 4. The maximum atomic E-state index is 12.7. The summed E-state index contributed by atoms with van der Waals surface area (Å²) in [6.07, 6.45) is 0.999. The van der Waals surface area contributed by atoms with Crippen LogP contribution in [-0.2, 0) is 6.54 Å². The topological polar surface area (TPSA) is 91.9 Å². The number of aromatic nitrogens is 2. The van der Waals surface area contributed by atoms with Crippen molar-refractivity contribution in [3.63, 3.8) is 0 Å². The Balaban J connectivity index is 1.44. The average Bonchev–Trinajstić information content (AvgIpc) is 3.24. The van der Waals surface area contributed by atoms with Crippen LogP contribution in [0.25, 0.3) is 10.9 Å². The second-order valence-corrected chi connectivity index (χ2v) is 7.94. The van der Waals surface area contributed by atoms with Crippen molar-refractivity contribution < 1.29 is 14.3 Å². The van der Waals surface area contributed by atoms with Crippen molar-refractivity contribution in [2.45, 2.75) is 13.0 Å². The first-order chi connectivity index (χ1) is 15.5. The molecule has 2 aromatic carbocycles. The number of ether oxygens (including phenoxy) is 2. The number of nitrogens with one attached hydrogen (secondary N) is 2. The second kappa shape index (κ2) is 9.69. The Kier molecular flexibility index (Phi) is 6.55. The molecule has 0 bridgehead atoms. The minimum Gasteiger partial charge on any atom is -0.454 e. The van der Waals surface area contributed by atoms with Crippen LogP contribution in [0.2, 0.25) is 0 Å². The summed E-state index contributed by atoms with van der Waals surface area (Å²) < 4.78 is 10.7. The molecule has 0 fully saturated rings. The molecule has 1 aromatic heterocycles. The standard InChI is InChI=1S/C23H28N6O3/c1-28(2)12-6-11-24-22-17-7-4-5-8-18(17)26-21(27-22)14-29(3)23(30)25-16-9-10-19-20(13-16)32-15-31-19/h4-5,7-10,13H,6,11-12,14-15H2,1-3H3,(H,25,30)(H,24,26,27). The van der Waals surface area contributed by atoms with E-state index in [-0.39, 0.29) is 19.4 Å². The van der Waals surface area contributed by atoms with E-state index in [1.807, 2.05) is 24.3 Å². The Labute approximate surface area is 187 Å². The minimum atomic E-state index is -0.263. The van der Waals surface area contributed by atoms with Gasteiger partial charge < -0.3 is 29.9 Å². The summed E-state index contributed by atoms with van der Waals surface area (Å²) in [6.45, 7) is 2.26. The second-order valence-electron chi connectivity index (χ2n) is 7.94. The van der Waals surface area contributed by atoms with Gasteiger partial charge in [-0.25, -0.2) is 14.8 Å². The molecule has 4 rings (SSSR count). The molecule has 2 amide bonds. The van der Waals surface area contributed by atoms with Gasteiger partial charge in [-0.2, -0.15) is 0 Å². The Morgan fingerprint density at radius 1 is 1.06 bits per heavy atom. The lowest BCUT2D eigenvalue weighted by Crippen LogP contribution is -2.31. The zero-order chi connectivity index (χ0) is 22.5. The highest BCUT2D eigenvalue weighted by molar-refractivity contribution is 5.90. The Hall–Kier alpha value is -3.59. The highest BCUT2D eigenvalue weighted by atomic mass is 16.7. The molecule has 0 radical (unpaired) electrons. The number of urea groups is 1. The van der Waals surface area contributed by atoms with Crippen LogP contribution in [-0.4, -0.2) is 66.8 Å². The van der Waals surface area contributed by atoms with E-state index in [0.29, 0.717) is 23.0 Å². The predicted octanol–water partition coefficient (Wildman–Crippen LogP) is 3.39. The van der Waals surface area contributed by atoms with Gasteiger partial charge in [-0.05, 0) is 51.3 Å². The van der Waals surface area contributed by atoms with Gasteiger partial charge in [-0.1, -0.05) is 12.1 Å². The summed E-state index contributed by atoms with van der Waals surface area (Å²) in [5.41, 5.74) is 1.48. The van der Waals surface area contributed by atoms with E-state index < -0.39 is 0 Å². The number of amides is 2. The van der Waals surface area contributed by atoms with Gasteiger partial charge in [0.1, 0.15) is 5.82 Å². The molecule has 0 atom stereocenters. The first-order valence-electron chi connectivity index (χ1n) is 10.6. The van der Waals surface area contributed by atoms with Gasteiger partial charge in [0.25, 0.3) is 0 Å². The lowest BCUT2D eigenvalue weighted by molar-refractivity contribution is 0.174. The van der Waals surface area contributed by atoms with Gasteiger partial charge in [-0.3, -0.25) is 0 Å². The van der Waals surface area contributed by atoms with Crippen molar-refractivity contribution in [2.75, 3.05) is 51.7 Å². The van der Waals surface area contributed by atoms with E-state index in [4.69, 9.17) is 14.5 Å². The van der Waals surface area contributed by atoms with Crippen LogP contribution >= 0.6 is 0 Å². The number of hydrogen-bond donors (Lipinski definition) is 2. The van der Waals surface area contributed by atoms with Gasteiger partial charge in [0.2, 0.25) is 6.79 Å². The summed E-state index contributed by atoms with van der Waals surface area (Å²) >= 11 is 0. The molecule has 0 aliphatic carbocycles. The van der Waals surface area contributed by atoms with Gasteiger partial charge in [0.05, 0.1) is 12.1 Å². The van der Waals surface area contributed by atoms with Gasteiger partial charge in [0.15, 0.2) is 17.3 Å². The maximum Gasteiger partial charge on any atom is 0.321 e. The molecule has 1 aliphatic heterocycles. The third-order valence-corrected chi connectivity index (χ3v) is 5.07. The molecule has 1 aliphatic rings. The van der Waals surface area contributed by atoms with E-state index in [1.54, 1.807) is 30.1 Å². The molecule has 168 valence electrons. The van der Waals surface area contributed by atoms with Crippen LogP contribution in [0.5, 0.6) is 11.5 Å². The molecule has 0 unspecified atom stereocenters. The lowest BCUT2D eigenvalue weighted by Gasteiger charge is -2.18. The van der Waals surface area contributed by atoms with Crippen molar-refractivity contribution in [3.8, 4) is 11.5 Å². The van der Waals surface area contributed by atoms with Crippen molar-refractivity contribution in [1.29, 1.82) is 0 Å². The molecule has 2 heterocycles. The summed E-state index contributed by atoms with van der Waals surface area (Å²) in [7, 11) is 5.83. The minimum absolute atomic E-state index is 0.192. The van der Waals surface area contributed by atoms with E-state index in [1.165, 1.54) is 0 Å². The summed E-state index contributed by atoms with van der Waals surface area (Å²) in [5, 5.41) is 7.26. The quantitative estimate of drug-likeness (QED) is 0.523. The van der Waals surface area contributed by atoms with Gasteiger partial charge in [-0.15, -0.1) is 0 Å². The highest BCUT2D eigenvalue weighted by Crippen LogP contribution is 2.34. The van der Waals surface area contributed by atoms with E-state index in [9.17, 15) is 4.79 Å². The fourth-order valence-electron chi connectivity index (χ4n) is 3.41. The molecular formula is C23H28N6O3. The lowest BCUT2D eigenvalue weighted by atomic mass is 10.2. The number of anilines is 2. The molecule has 2 N–H and O–H groups in total. The van der Waals surface area contributed by atoms with Crippen molar-refractivity contribution in [3.05, 3.63) is 48.3 Å². The SMILES string of the molecule is CN(C)CCCNc1nc(CN(C)C(=O)Nc2ccc3c(c2)OCO3)nc2ccccc12. The fraction of sp³-hybridized carbons (Fsp3) is 0.348. The highest BCUT2D eigenvalue weighted by Gasteiger charge is 2.17. The number of fused-ring (bicyclic) bond motifs is 2. The maximum absolute atomic E-state index is 12.7. The number of rotatable bonds is 8. The van der Waals surface area contributed by atoms with Crippen LogP contribution < -0.4 is 20.1 Å².